The Kier molecular flexibility index (Phi) is 10.6. The van der Waals surface area contributed by atoms with Gasteiger partial charge in [-0.15, -0.1) is 13.2 Å². The first-order valence-corrected chi connectivity index (χ1v) is 16.0. The lowest BCUT2D eigenvalue weighted by Gasteiger charge is -2.42. The predicted octanol–water partition coefficient (Wildman–Crippen LogP) is 3.65. The van der Waals surface area contributed by atoms with Gasteiger partial charge in [0.15, 0.2) is 0 Å². The third-order valence-corrected chi connectivity index (χ3v) is 9.63. The number of carbonyl (C=O) groups excluding carboxylic acids is 4. The first-order chi connectivity index (χ1) is 21.3. The van der Waals surface area contributed by atoms with Gasteiger partial charge in [-0.25, -0.2) is 0 Å². The minimum atomic E-state index is -1.19. The maximum atomic E-state index is 14.4. The van der Waals surface area contributed by atoms with Gasteiger partial charge in [0.05, 0.1) is 24.0 Å². The third kappa shape index (κ3) is 6.45. The largest absolute Gasteiger partial charge is 0.455 e. The monoisotopic (exact) mass is 623 g/mol. The highest BCUT2D eigenvalue weighted by Gasteiger charge is 2.75. The van der Waals surface area contributed by atoms with Gasteiger partial charge in [-0.1, -0.05) is 42.5 Å². The average Bonchev–Trinajstić information content (AvgIpc) is 3.66. The molecule has 3 heterocycles. The molecule has 3 aliphatic rings. The summed E-state index contributed by atoms with van der Waals surface area (Å²) in [6.07, 6.45) is 4.03. The summed E-state index contributed by atoms with van der Waals surface area (Å²) in [6, 6.07) is 7.80. The highest BCUT2D eigenvalue weighted by molar-refractivity contribution is 5.98. The highest BCUT2D eigenvalue weighted by Crippen LogP contribution is 2.59. The fourth-order valence-corrected chi connectivity index (χ4v) is 7.28. The lowest BCUT2D eigenvalue weighted by atomic mass is 9.70. The summed E-state index contributed by atoms with van der Waals surface area (Å²) >= 11 is 0. The molecule has 0 saturated carbocycles. The fraction of sp³-hybridized carbons (Fsp3) is 0.600. The van der Waals surface area contributed by atoms with E-state index >= 15 is 0 Å². The number of nitrogens with zero attached hydrogens (tertiary/aromatic N) is 3. The van der Waals surface area contributed by atoms with Gasteiger partial charge in [0.25, 0.3) is 0 Å². The second-order valence-electron chi connectivity index (χ2n) is 13.4. The lowest BCUT2D eigenvalue weighted by Crippen LogP contribution is -2.60. The molecule has 7 atom stereocenters. The van der Waals surface area contributed by atoms with Gasteiger partial charge < -0.3 is 29.3 Å². The summed E-state index contributed by atoms with van der Waals surface area (Å²) in [5.74, 6) is -3.09. The minimum Gasteiger partial charge on any atom is -0.455 e. The summed E-state index contributed by atoms with van der Waals surface area (Å²) in [7, 11) is 1.69. The van der Waals surface area contributed by atoms with E-state index in [4.69, 9.17) is 9.47 Å². The molecule has 0 unspecified atom stereocenters. The molecule has 3 amide bonds. The Morgan fingerprint density at radius 3 is 2.49 bits per heavy atom. The number of aliphatic hydroxyl groups excluding tert-OH is 1. The Labute approximate surface area is 267 Å². The fourth-order valence-electron chi connectivity index (χ4n) is 7.28. The Hall–Kier alpha value is -3.50. The molecule has 0 radical (unpaired) electrons. The Bertz CT molecular complexity index is 1280. The average molecular weight is 624 g/mol. The van der Waals surface area contributed by atoms with Crippen molar-refractivity contribution in [1.29, 1.82) is 0 Å². The number of likely N-dealkylation sites (tertiary alicyclic amines) is 1. The minimum absolute atomic E-state index is 0.101. The Morgan fingerprint density at radius 2 is 1.89 bits per heavy atom. The summed E-state index contributed by atoms with van der Waals surface area (Å²) in [5, 5.41) is 9.64. The number of likely N-dealkylation sites (N-methyl/N-ethyl adjacent to an activating group) is 1. The van der Waals surface area contributed by atoms with Gasteiger partial charge in [0.2, 0.25) is 17.7 Å². The number of hydrogen-bond donors (Lipinski definition) is 1. The van der Waals surface area contributed by atoms with Crippen LogP contribution in [0.25, 0.3) is 0 Å². The molecule has 2 bridgehead atoms. The molecule has 1 N–H and O–H groups in total. The molecule has 3 aliphatic heterocycles. The Balaban J connectivity index is 1.68. The van der Waals surface area contributed by atoms with Crippen molar-refractivity contribution in [2.24, 2.45) is 11.8 Å². The predicted molar refractivity (Wildman–Crippen MR) is 170 cm³/mol. The molecule has 4 rings (SSSR count). The van der Waals surface area contributed by atoms with Crippen LogP contribution >= 0.6 is 0 Å². The number of benzene rings is 1. The molecule has 3 saturated heterocycles. The van der Waals surface area contributed by atoms with Gasteiger partial charge in [-0.05, 0) is 58.9 Å². The molecule has 0 aliphatic carbocycles. The standard InChI is InChI=1S/C35H49N3O7/c1-8-10-17-26(40)36(7)23(3)29(24-15-12-11-13-16-24)44-33(43)27-25-18-19-35(45-25)28(27)31(41)37(21-14-22-39)30(35)32(42)38(20-9-2)34(4,5)6/h8-9,11-13,15-16,23,25,27-30,39H,1-2,10,14,17-22H2,3-7H3/t23-,25-,27+,28+,29+,30-,35+/m0/s1. The van der Waals surface area contributed by atoms with Gasteiger partial charge >= 0.3 is 5.97 Å². The first-order valence-electron chi connectivity index (χ1n) is 16.0. The van der Waals surface area contributed by atoms with E-state index in [1.807, 2.05) is 58.0 Å². The van der Waals surface area contributed by atoms with Gasteiger partial charge in [0.1, 0.15) is 17.7 Å². The van der Waals surface area contributed by atoms with Crippen molar-refractivity contribution in [1.82, 2.24) is 14.7 Å². The van der Waals surface area contributed by atoms with E-state index in [1.165, 1.54) is 4.90 Å². The van der Waals surface area contributed by atoms with Crippen molar-refractivity contribution in [3.8, 4) is 0 Å². The summed E-state index contributed by atoms with van der Waals surface area (Å²) in [6.45, 7) is 15.4. The van der Waals surface area contributed by atoms with Crippen molar-refractivity contribution in [2.75, 3.05) is 26.7 Å². The third-order valence-electron chi connectivity index (χ3n) is 9.63. The first kappa shape index (κ1) is 34.4. The van der Waals surface area contributed by atoms with Crippen molar-refractivity contribution in [3.63, 3.8) is 0 Å². The van der Waals surface area contributed by atoms with Gasteiger partial charge in [-0.2, -0.15) is 0 Å². The number of rotatable bonds is 14. The van der Waals surface area contributed by atoms with Crippen LogP contribution in [0.1, 0.15) is 71.5 Å². The molecule has 10 nitrogen and oxygen atoms in total. The van der Waals surface area contributed by atoms with Crippen LogP contribution in [-0.2, 0) is 28.7 Å². The van der Waals surface area contributed by atoms with Crippen LogP contribution in [-0.4, -0.2) is 99.6 Å². The second kappa shape index (κ2) is 13.9. The van der Waals surface area contributed by atoms with Crippen molar-refractivity contribution in [2.45, 2.75) is 95.2 Å². The number of esters is 1. The molecule has 246 valence electrons. The topological polar surface area (TPSA) is 117 Å². The van der Waals surface area contributed by atoms with Gasteiger partial charge in [-0.3, -0.25) is 19.2 Å². The van der Waals surface area contributed by atoms with Crippen LogP contribution < -0.4 is 0 Å². The van der Waals surface area contributed by atoms with E-state index in [2.05, 4.69) is 13.2 Å². The molecule has 3 fully saturated rings. The molecule has 10 heteroatoms. The van der Waals surface area contributed by atoms with Crippen molar-refractivity contribution < 1.29 is 33.8 Å². The summed E-state index contributed by atoms with van der Waals surface area (Å²) < 4.78 is 12.8. The van der Waals surface area contributed by atoms with E-state index in [0.717, 1.165) is 5.56 Å². The van der Waals surface area contributed by atoms with E-state index in [9.17, 15) is 24.3 Å². The molecule has 1 spiro atoms. The van der Waals surface area contributed by atoms with Crippen LogP contribution in [0.15, 0.2) is 55.6 Å². The number of carbonyl (C=O) groups is 4. The number of fused-ring (bicyclic) bond motifs is 1. The van der Waals surface area contributed by atoms with E-state index in [-0.39, 0.29) is 50.3 Å². The van der Waals surface area contributed by atoms with Crippen molar-refractivity contribution >= 4 is 23.7 Å². The SMILES string of the molecule is C=CCCC(=O)N(C)[C@@H](C)[C@@H](OC(=O)[C@@H]1[C@@H]2CC[C@]3(O2)[C@H](C(=O)N(CC=C)C(C)(C)C)N(CCCO)C(=O)[C@@H]13)c1ccccc1. The zero-order valence-electron chi connectivity index (χ0n) is 27.3. The number of aliphatic hydroxyl groups is 1. The molecule has 45 heavy (non-hydrogen) atoms. The van der Waals surface area contributed by atoms with Crippen molar-refractivity contribution in [3.05, 3.63) is 61.2 Å². The molecular weight excluding hydrogens is 574 g/mol. The quantitative estimate of drug-likeness (QED) is 0.248. The molecule has 0 aromatic heterocycles. The summed E-state index contributed by atoms with van der Waals surface area (Å²) in [5.41, 5.74) is -1.02. The maximum Gasteiger partial charge on any atom is 0.313 e. The van der Waals surface area contributed by atoms with Gasteiger partial charge in [0, 0.05) is 38.7 Å². The zero-order valence-corrected chi connectivity index (χ0v) is 27.3. The summed E-state index contributed by atoms with van der Waals surface area (Å²) in [4.78, 5) is 60.5. The van der Waals surface area contributed by atoms with E-state index in [1.54, 1.807) is 29.0 Å². The lowest BCUT2D eigenvalue weighted by molar-refractivity contribution is -0.164. The smallest absolute Gasteiger partial charge is 0.313 e. The Morgan fingerprint density at radius 1 is 1.20 bits per heavy atom. The molecule has 1 aromatic rings. The number of hydrogen-bond acceptors (Lipinski definition) is 7. The maximum absolute atomic E-state index is 14.4. The number of allylic oxidation sites excluding steroid dienone is 1. The number of amides is 3. The molecule has 1 aromatic carbocycles. The normalized spacial score (nSPS) is 26.6. The van der Waals surface area contributed by atoms with Crippen LogP contribution in [0.5, 0.6) is 0 Å². The zero-order chi connectivity index (χ0) is 33.1. The van der Waals surface area contributed by atoms with E-state index in [0.29, 0.717) is 19.3 Å². The number of ether oxygens (including phenoxy) is 2. The van der Waals surface area contributed by atoms with Crippen LogP contribution in [0, 0.1) is 11.8 Å². The molecular formula is C35H49N3O7. The second-order valence-corrected chi connectivity index (χ2v) is 13.4. The highest BCUT2D eigenvalue weighted by atomic mass is 16.6. The van der Waals surface area contributed by atoms with E-state index < -0.39 is 53.2 Å². The van der Waals surface area contributed by atoms with Crippen LogP contribution in [0.3, 0.4) is 0 Å². The van der Waals surface area contributed by atoms with Crippen LogP contribution in [0.2, 0.25) is 0 Å². The van der Waals surface area contributed by atoms with Crippen LogP contribution in [0.4, 0.5) is 0 Å².